The highest BCUT2D eigenvalue weighted by atomic mass is 79.9. The molecule has 0 nitrogen and oxygen atoms in total. The average Bonchev–Trinajstić information content (AvgIpc) is 2.51. The van der Waals surface area contributed by atoms with Crippen molar-refractivity contribution in [1.82, 2.24) is 0 Å². The quantitative estimate of drug-likeness (QED) is 0.654. The number of alkyl halides is 1. The van der Waals surface area contributed by atoms with Crippen LogP contribution in [-0.4, -0.2) is 5.38 Å². The molecule has 3 heteroatoms. The topological polar surface area (TPSA) is 0 Å². The lowest BCUT2D eigenvalue weighted by Gasteiger charge is -2.15. The van der Waals surface area contributed by atoms with Gasteiger partial charge in [-0.1, -0.05) is 6.08 Å². The van der Waals surface area contributed by atoms with Crippen LogP contribution in [0.4, 0.5) is 0 Å². The van der Waals surface area contributed by atoms with E-state index >= 15 is 0 Å². The molecule has 0 spiro atoms. The Labute approximate surface area is 95.7 Å². The molecule has 1 aromatic heterocycles. The molecule has 1 aliphatic rings. The Morgan fingerprint density at radius 2 is 2.38 bits per heavy atom. The van der Waals surface area contributed by atoms with Gasteiger partial charge in [0.05, 0.1) is 5.38 Å². The molecule has 70 valence electrons. The van der Waals surface area contributed by atoms with Crippen LogP contribution >= 0.6 is 38.9 Å². The standard InChI is InChI=1S/C10H10BrClS/c11-9-4-5-13-10(9)7-2-1-3-8(12)6-7/h4-6,8H,1-3H2. The lowest BCUT2D eigenvalue weighted by Crippen LogP contribution is -2.01. The number of hydrogen-bond acceptors (Lipinski definition) is 1. The summed E-state index contributed by atoms with van der Waals surface area (Å²) in [4.78, 5) is 1.35. The van der Waals surface area contributed by atoms with E-state index in [-0.39, 0.29) is 5.38 Å². The van der Waals surface area contributed by atoms with Gasteiger partial charge in [-0.15, -0.1) is 22.9 Å². The third-order valence-corrected chi connectivity index (χ3v) is 4.47. The van der Waals surface area contributed by atoms with Crippen LogP contribution < -0.4 is 0 Å². The average molecular weight is 278 g/mol. The van der Waals surface area contributed by atoms with Gasteiger partial charge in [0.1, 0.15) is 0 Å². The molecule has 1 atom stereocenters. The fourth-order valence-electron chi connectivity index (χ4n) is 1.58. The zero-order valence-corrected chi connectivity index (χ0v) is 10.3. The van der Waals surface area contributed by atoms with Crippen LogP contribution in [0.5, 0.6) is 0 Å². The van der Waals surface area contributed by atoms with Gasteiger partial charge in [-0.2, -0.15) is 0 Å². The number of halogens is 2. The SMILES string of the molecule is ClC1C=C(c2sccc2Br)CCC1. The van der Waals surface area contributed by atoms with Crippen LogP contribution in [-0.2, 0) is 0 Å². The van der Waals surface area contributed by atoms with E-state index in [1.807, 2.05) is 0 Å². The maximum atomic E-state index is 6.09. The van der Waals surface area contributed by atoms with E-state index in [0.29, 0.717) is 0 Å². The largest absolute Gasteiger partial charge is 0.143 e. The fraction of sp³-hybridized carbons (Fsp3) is 0.400. The van der Waals surface area contributed by atoms with Crippen molar-refractivity contribution < 1.29 is 0 Å². The molecule has 1 aliphatic carbocycles. The van der Waals surface area contributed by atoms with Crippen molar-refractivity contribution in [3.8, 4) is 0 Å². The Bertz CT molecular complexity index is 329. The van der Waals surface area contributed by atoms with E-state index in [9.17, 15) is 0 Å². The van der Waals surface area contributed by atoms with Crippen LogP contribution in [0.2, 0.25) is 0 Å². The van der Waals surface area contributed by atoms with Crippen molar-refractivity contribution in [3.05, 3.63) is 26.9 Å². The minimum absolute atomic E-state index is 0.234. The zero-order chi connectivity index (χ0) is 9.26. The lowest BCUT2D eigenvalue weighted by molar-refractivity contribution is 0.748. The monoisotopic (exact) mass is 276 g/mol. The van der Waals surface area contributed by atoms with E-state index in [4.69, 9.17) is 11.6 Å². The fourth-order valence-corrected chi connectivity index (χ4v) is 3.58. The molecule has 1 aromatic rings. The van der Waals surface area contributed by atoms with E-state index in [1.165, 1.54) is 27.8 Å². The first-order valence-corrected chi connectivity index (χ1v) is 6.46. The molecule has 0 saturated carbocycles. The molecular weight excluding hydrogens is 268 g/mol. The van der Waals surface area contributed by atoms with Crippen molar-refractivity contribution in [1.29, 1.82) is 0 Å². The third kappa shape index (κ3) is 2.17. The predicted octanol–water partition coefficient (Wildman–Crippen LogP) is 4.69. The van der Waals surface area contributed by atoms with Crippen molar-refractivity contribution in [2.24, 2.45) is 0 Å². The number of hydrogen-bond donors (Lipinski definition) is 0. The molecule has 2 rings (SSSR count). The van der Waals surface area contributed by atoms with Gasteiger partial charge >= 0.3 is 0 Å². The van der Waals surface area contributed by atoms with Gasteiger partial charge in [0.15, 0.2) is 0 Å². The van der Waals surface area contributed by atoms with E-state index in [2.05, 4.69) is 33.5 Å². The van der Waals surface area contributed by atoms with Gasteiger partial charge in [-0.05, 0) is 52.2 Å². The van der Waals surface area contributed by atoms with Crippen LogP contribution in [0.15, 0.2) is 22.0 Å². The van der Waals surface area contributed by atoms with Gasteiger partial charge in [0.2, 0.25) is 0 Å². The van der Waals surface area contributed by atoms with Crippen molar-refractivity contribution in [2.75, 3.05) is 0 Å². The summed E-state index contributed by atoms with van der Waals surface area (Å²) < 4.78 is 1.20. The normalized spacial score (nSPS) is 22.9. The van der Waals surface area contributed by atoms with E-state index in [1.54, 1.807) is 11.3 Å². The second-order valence-corrected chi connectivity index (χ2v) is 5.53. The van der Waals surface area contributed by atoms with Gasteiger partial charge in [0.25, 0.3) is 0 Å². The highest BCUT2D eigenvalue weighted by Gasteiger charge is 2.14. The second kappa shape index (κ2) is 4.16. The van der Waals surface area contributed by atoms with Gasteiger partial charge in [-0.25, -0.2) is 0 Å². The minimum atomic E-state index is 0.234. The first-order chi connectivity index (χ1) is 6.27. The number of thiophene rings is 1. The third-order valence-electron chi connectivity index (χ3n) is 2.22. The van der Waals surface area contributed by atoms with Crippen LogP contribution in [0.25, 0.3) is 5.57 Å². The van der Waals surface area contributed by atoms with E-state index < -0.39 is 0 Å². The molecule has 0 fully saturated rings. The summed E-state index contributed by atoms with van der Waals surface area (Å²) in [5, 5.41) is 2.34. The molecule has 0 saturated heterocycles. The molecule has 0 bridgehead atoms. The smallest absolute Gasteiger partial charge is 0.0522 e. The molecule has 1 heterocycles. The Kier molecular flexibility index (Phi) is 3.12. The van der Waals surface area contributed by atoms with Gasteiger partial charge in [-0.3, -0.25) is 0 Å². The summed E-state index contributed by atoms with van der Waals surface area (Å²) in [6.07, 6.45) is 5.70. The summed E-state index contributed by atoms with van der Waals surface area (Å²) in [7, 11) is 0. The molecule has 0 N–H and O–H groups in total. The van der Waals surface area contributed by atoms with Crippen molar-refractivity contribution >= 4 is 44.4 Å². The summed E-state index contributed by atoms with van der Waals surface area (Å²) in [6, 6.07) is 2.10. The van der Waals surface area contributed by atoms with Crippen LogP contribution in [0, 0.1) is 0 Å². The first-order valence-electron chi connectivity index (χ1n) is 4.35. The molecule has 0 amide bonds. The Morgan fingerprint density at radius 3 is 3.00 bits per heavy atom. The Hall–Kier alpha value is 0.210. The predicted molar refractivity (Wildman–Crippen MR) is 63.5 cm³/mol. The zero-order valence-electron chi connectivity index (χ0n) is 7.09. The maximum absolute atomic E-state index is 6.09. The summed E-state index contributed by atoms with van der Waals surface area (Å²) in [5.74, 6) is 0. The molecule has 13 heavy (non-hydrogen) atoms. The molecule has 0 radical (unpaired) electrons. The van der Waals surface area contributed by atoms with Gasteiger partial charge in [0, 0.05) is 9.35 Å². The second-order valence-electron chi connectivity index (χ2n) is 3.20. The maximum Gasteiger partial charge on any atom is 0.0522 e. The van der Waals surface area contributed by atoms with Crippen LogP contribution in [0.3, 0.4) is 0 Å². The first kappa shape index (κ1) is 9.75. The number of allylic oxidation sites excluding steroid dienone is 2. The Morgan fingerprint density at radius 1 is 1.54 bits per heavy atom. The van der Waals surface area contributed by atoms with Crippen molar-refractivity contribution in [3.63, 3.8) is 0 Å². The van der Waals surface area contributed by atoms with Gasteiger partial charge < -0.3 is 0 Å². The number of rotatable bonds is 1. The Balaban J connectivity index is 2.30. The highest BCUT2D eigenvalue weighted by Crippen LogP contribution is 2.36. The summed E-state index contributed by atoms with van der Waals surface area (Å²) in [6.45, 7) is 0. The van der Waals surface area contributed by atoms with E-state index in [0.717, 1.165) is 6.42 Å². The van der Waals surface area contributed by atoms with Crippen molar-refractivity contribution in [2.45, 2.75) is 24.6 Å². The van der Waals surface area contributed by atoms with Crippen LogP contribution in [0.1, 0.15) is 24.1 Å². The molecule has 0 aliphatic heterocycles. The molecular formula is C10H10BrClS. The molecule has 1 unspecified atom stereocenters. The summed E-state index contributed by atoms with van der Waals surface area (Å²) >= 11 is 11.4. The highest BCUT2D eigenvalue weighted by molar-refractivity contribution is 9.10. The summed E-state index contributed by atoms with van der Waals surface area (Å²) in [5.41, 5.74) is 1.41. The lowest BCUT2D eigenvalue weighted by atomic mass is 9.98. The minimum Gasteiger partial charge on any atom is -0.143 e. The molecule has 0 aromatic carbocycles.